The third kappa shape index (κ3) is 3.03. The summed E-state index contributed by atoms with van der Waals surface area (Å²) in [5, 5.41) is 12.7. The van der Waals surface area contributed by atoms with E-state index in [4.69, 9.17) is 4.74 Å². The van der Waals surface area contributed by atoms with E-state index in [1.54, 1.807) is 0 Å². The lowest BCUT2D eigenvalue weighted by Gasteiger charge is -2.22. The maximum Gasteiger partial charge on any atom is 0.123 e. The molecule has 18 heavy (non-hydrogen) atoms. The van der Waals surface area contributed by atoms with Gasteiger partial charge in [0, 0.05) is 19.0 Å². The van der Waals surface area contributed by atoms with Crippen LogP contribution in [0.2, 0.25) is 0 Å². The van der Waals surface area contributed by atoms with Crippen molar-refractivity contribution >= 4 is 0 Å². The van der Waals surface area contributed by atoms with Gasteiger partial charge in [-0.3, -0.25) is 0 Å². The van der Waals surface area contributed by atoms with Crippen LogP contribution in [0.4, 0.5) is 0 Å². The Morgan fingerprint density at radius 3 is 2.89 bits per heavy atom. The first-order valence-electron chi connectivity index (χ1n) is 6.70. The predicted molar refractivity (Wildman–Crippen MR) is 73.0 cm³/mol. The van der Waals surface area contributed by atoms with Crippen molar-refractivity contribution in [3.63, 3.8) is 0 Å². The maximum atomic E-state index is 9.28. The van der Waals surface area contributed by atoms with Crippen LogP contribution in [0.15, 0.2) is 18.2 Å². The maximum absolute atomic E-state index is 9.28. The minimum Gasteiger partial charge on any atom is -0.488 e. The second-order valence-corrected chi connectivity index (χ2v) is 5.50. The third-order valence-electron chi connectivity index (χ3n) is 3.57. The van der Waals surface area contributed by atoms with Crippen molar-refractivity contribution in [1.82, 2.24) is 5.32 Å². The molecule has 1 aromatic rings. The van der Waals surface area contributed by atoms with Gasteiger partial charge in [-0.05, 0) is 24.5 Å². The number of rotatable bonds is 5. The second kappa shape index (κ2) is 5.72. The summed E-state index contributed by atoms with van der Waals surface area (Å²) in [5.41, 5.74) is 2.58. The van der Waals surface area contributed by atoms with Gasteiger partial charge in [-0.2, -0.15) is 0 Å². The summed E-state index contributed by atoms with van der Waals surface area (Å²) in [6.45, 7) is 7.29. The molecule has 0 spiro atoms. The van der Waals surface area contributed by atoms with Crippen molar-refractivity contribution in [3.8, 4) is 5.75 Å². The van der Waals surface area contributed by atoms with Crippen molar-refractivity contribution in [1.29, 1.82) is 0 Å². The highest BCUT2D eigenvalue weighted by Gasteiger charge is 2.23. The van der Waals surface area contributed by atoms with E-state index >= 15 is 0 Å². The number of hydrogen-bond donors (Lipinski definition) is 2. The fourth-order valence-electron chi connectivity index (χ4n) is 2.36. The summed E-state index contributed by atoms with van der Waals surface area (Å²) in [4.78, 5) is 0. The highest BCUT2D eigenvalue weighted by Crippen LogP contribution is 2.29. The summed E-state index contributed by atoms with van der Waals surface area (Å²) in [6.07, 6.45) is 1.15. The SMILES string of the molecule is Cc1ccc2c(c1)CC(CN[C@H](CO)C(C)C)O2. The molecule has 0 saturated carbocycles. The van der Waals surface area contributed by atoms with E-state index in [9.17, 15) is 5.11 Å². The van der Waals surface area contributed by atoms with Gasteiger partial charge in [-0.15, -0.1) is 0 Å². The molecule has 100 valence electrons. The van der Waals surface area contributed by atoms with E-state index < -0.39 is 0 Å². The van der Waals surface area contributed by atoms with E-state index in [-0.39, 0.29) is 18.8 Å². The van der Waals surface area contributed by atoms with Crippen molar-refractivity contribution in [2.75, 3.05) is 13.2 Å². The minimum absolute atomic E-state index is 0.152. The lowest BCUT2D eigenvalue weighted by molar-refractivity contribution is 0.178. The van der Waals surface area contributed by atoms with Gasteiger partial charge in [0.1, 0.15) is 11.9 Å². The number of ether oxygens (including phenoxy) is 1. The van der Waals surface area contributed by atoms with Gasteiger partial charge in [0.05, 0.1) is 6.61 Å². The normalized spacial score (nSPS) is 19.7. The third-order valence-corrected chi connectivity index (χ3v) is 3.57. The fourth-order valence-corrected chi connectivity index (χ4v) is 2.36. The summed E-state index contributed by atoms with van der Waals surface area (Å²) in [7, 11) is 0. The molecule has 1 aliphatic heterocycles. The molecule has 0 radical (unpaired) electrons. The smallest absolute Gasteiger partial charge is 0.123 e. The van der Waals surface area contributed by atoms with Crippen LogP contribution in [-0.4, -0.2) is 30.4 Å². The van der Waals surface area contributed by atoms with Gasteiger partial charge in [-0.25, -0.2) is 0 Å². The average molecular weight is 249 g/mol. The van der Waals surface area contributed by atoms with Crippen molar-refractivity contribution in [3.05, 3.63) is 29.3 Å². The lowest BCUT2D eigenvalue weighted by Crippen LogP contribution is -2.42. The van der Waals surface area contributed by atoms with Crippen molar-refractivity contribution in [2.24, 2.45) is 5.92 Å². The van der Waals surface area contributed by atoms with Crippen LogP contribution in [0.1, 0.15) is 25.0 Å². The zero-order chi connectivity index (χ0) is 13.1. The Morgan fingerprint density at radius 1 is 1.44 bits per heavy atom. The molecule has 0 aromatic heterocycles. The number of fused-ring (bicyclic) bond motifs is 1. The van der Waals surface area contributed by atoms with Gasteiger partial charge in [0.15, 0.2) is 0 Å². The topological polar surface area (TPSA) is 41.5 Å². The zero-order valence-corrected chi connectivity index (χ0v) is 11.4. The lowest BCUT2D eigenvalue weighted by atomic mass is 10.0. The Hall–Kier alpha value is -1.06. The highest BCUT2D eigenvalue weighted by atomic mass is 16.5. The zero-order valence-electron chi connectivity index (χ0n) is 11.4. The Bertz CT molecular complexity index is 403. The number of nitrogens with one attached hydrogen (secondary N) is 1. The molecule has 0 saturated heterocycles. The molecule has 1 unspecified atom stereocenters. The van der Waals surface area contributed by atoms with Gasteiger partial charge >= 0.3 is 0 Å². The molecule has 1 aromatic carbocycles. The molecular weight excluding hydrogens is 226 g/mol. The van der Waals surface area contributed by atoms with Gasteiger partial charge in [0.2, 0.25) is 0 Å². The molecule has 2 rings (SSSR count). The standard InChI is InChI=1S/C15H23NO2/c1-10(2)14(9-17)16-8-13-7-12-6-11(3)4-5-15(12)18-13/h4-6,10,13-14,16-17H,7-9H2,1-3H3/t13?,14-/m1/s1. The van der Waals surface area contributed by atoms with Crippen LogP contribution in [0.25, 0.3) is 0 Å². The monoisotopic (exact) mass is 249 g/mol. The highest BCUT2D eigenvalue weighted by molar-refractivity contribution is 5.40. The van der Waals surface area contributed by atoms with Gasteiger partial charge in [-0.1, -0.05) is 31.5 Å². The summed E-state index contributed by atoms with van der Waals surface area (Å²) >= 11 is 0. The van der Waals surface area contributed by atoms with Crippen LogP contribution in [0, 0.1) is 12.8 Å². The molecule has 3 nitrogen and oxygen atoms in total. The van der Waals surface area contributed by atoms with E-state index in [1.165, 1.54) is 11.1 Å². The Labute approximate surface area is 109 Å². The predicted octanol–water partition coefficient (Wildman–Crippen LogP) is 1.91. The van der Waals surface area contributed by atoms with Crippen molar-refractivity contribution < 1.29 is 9.84 Å². The number of hydrogen-bond acceptors (Lipinski definition) is 3. The van der Waals surface area contributed by atoms with Crippen LogP contribution >= 0.6 is 0 Å². The molecule has 0 amide bonds. The number of aliphatic hydroxyl groups is 1. The van der Waals surface area contributed by atoms with Gasteiger partial charge in [0.25, 0.3) is 0 Å². The minimum atomic E-state index is 0.152. The summed E-state index contributed by atoms with van der Waals surface area (Å²) in [6, 6.07) is 6.48. The quantitative estimate of drug-likeness (QED) is 0.837. The van der Waals surface area contributed by atoms with Gasteiger partial charge < -0.3 is 15.2 Å². The van der Waals surface area contributed by atoms with Crippen LogP contribution in [0.5, 0.6) is 5.75 Å². The largest absolute Gasteiger partial charge is 0.488 e. The van der Waals surface area contributed by atoms with E-state index in [0.29, 0.717) is 5.92 Å². The first-order chi connectivity index (χ1) is 8.60. The summed E-state index contributed by atoms with van der Waals surface area (Å²) in [5.74, 6) is 1.44. The van der Waals surface area contributed by atoms with E-state index in [0.717, 1.165) is 18.7 Å². The molecular formula is C15H23NO2. The van der Waals surface area contributed by atoms with Crippen LogP contribution < -0.4 is 10.1 Å². The van der Waals surface area contributed by atoms with Crippen molar-refractivity contribution in [2.45, 2.75) is 39.3 Å². The molecule has 2 N–H and O–H groups in total. The van der Waals surface area contributed by atoms with Crippen LogP contribution in [0.3, 0.4) is 0 Å². The molecule has 0 aliphatic carbocycles. The van der Waals surface area contributed by atoms with Crippen LogP contribution in [-0.2, 0) is 6.42 Å². The Morgan fingerprint density at radius 2 is 2.22 bits per heavy atom. The first kappa shape index (κ1) is 13.4. The second-order valence-electron chi connectivity index (χ2n) is 5.50. The molecule has 2 atom stereocenters. The average Bonchev–Trinajstić information content (AvgIpc) is 2.71. The Balaban J connectivity index is 1.88. The number of aryl methyl sites for hydroxylation is 1. The first-order valence-corrected chi connectivity index (χ1v) is 6.70. The number of aliphatic hydroxyl groups excluding tert-OH is 1. The molecule has 1 heterocycles. The van der Waals surface area contributed by atoms with E-state index in [2.05, 4.69) is 44.3 Å². The molecule has 3 heteroatoms. The van der Waals surface area contributed by atoms with E-state index in [1.807, 2.05) is 0 Å². The molecule has 1 aliphatic rings. The number of benzene rings is 1. The molecule has 0 bridgehead atoms. The molecule has 0 fully saturated rings. The Kier molecular flexibility index (Phi) is 4.25. The summed E-state index contributed by atoms with van der Waals surface area (Å²) < 4.78 is 5.89. The fraction of sp³-hybridized carbons (Fsp3) is 0.600.